The normalized spacial score (nSPS) is 21.9. The SMILES string of the molecule is CC1(C)CCC(COc2ccc(F)cc2S(N)(=O)=O)O1. The van der Waals surface area contributed by atoms with Crippen molar-refractivity contribution >= 4 is 10.0 Å². The Morgan fingerprint density at radius 1 is 1.50 bits per heavy atom. The average molecular weight is 303 g/mol. The minimum Gasteiger partial charge on any atom is -0.489 e. The number of rotatable bonds is 4. The number of primary sulfonamides is 1. The van der Waals surface area contributed by atoms with Crippen molar-refractivity contribution in [3.05, 3.63) is 24.0 Å². The molecule has 1 atom stereocenters. The number of nitrogens with two attached hydrogens (primary N) is 1. The molecule has 0 saturated carbocycles. The summed E-state index contributed by atoms with van der Waals surface area (Å²) in [5.41, 5.74) is -0.195. The second-order valence-electron chi connectivity index (χ2n) is 5.49. The van der Waals surface area contributed by atoms with Gasteiger partial charge in [0.15, 0.2) is 0 Å². The van der Waals surface area contributed by atoms with Crippen LogP contribution in [0.2, 0.25) is 0 Å². The zero-order valence-corrected chi connectivity index (χ0v) is 12.2. The first-order chi connectivity index (χ1) is 9.17. The van der Waals surface area contributed by atoms with E-state index in [1.165, 1.54) is 6.07 Å². The smallest absolute Gasteiger partial charge is 0.241 e. The fourth-order valence-corrected chi connectivity index (χ4v) is 2.89. The van der Waals surface area contributed by atoms with Crippen molar-refractivity contribution in [3.8, 4) is 5.75 Å². The molecule has 1 aliphatic heterocycles. The molecule has 1 aromatic carbocycles. The van der Waals surface area contributed by atoms with Crippen molar-refractivity contribution < 1.29 is 22.3 Å². The summed E-state index contributed by atoms with van der Waals surface area (Å²) in [6.45, 7) is 4.18. The van der Waals surface area contributed by atoms with Gasteiger partial charge in [-0.1, -0.05) is 0 Å². The Balaban J connectivity index is 2.11. The number of benzene rings is 1. The average Bonchev–Trinajstić information content (AvgIpc) is 2.66. The summed E-state index contributed by atoms with van der Waals surface area (Å²) in [6.07, 6.45) is 1.63. The van der Waals surface area contributed by atoms with Gasteiger partial charge >= 0.3 is 0 Å². The van der Waals surface area contributed by atoms with Crippen LogP contribution >= 0.6 is 0 Å². The Morgan fingerprint density at radius 3 is 2.75 bits per heavy atom. The van der Waals surface area contributed by atoms with E-state index in [9.17, 15) is 12.8 Å². The maximum atomic E-state index is 13.1. The van der Waals surface area contributed by atoms with Gasteiger partial charge in [-0.2, -0.15) is 0 Å². The van der Waals surface area contributed by atoms with E-state index >= 15 is 0 Å². The lowest BCUT2D eigenvalue weighted by molar-refractivity contribution is -0.0330. The summed E-state index contributed by atoms with van der Waals surface area (Å²) in [5, 5.41) is 5.05. The van der Waals surface area contributed by atoms with Crippen LogP contribution in [0.25, 0.3) is 0 Å². The Labute approximate surface area is 117 Å². The van der Waals surface area contributed by atoms with E-state index in [1.54, 1.807) is 0 Å². The van der Waals surface area contributed by atoms with Crippen molar-refractivity contribution in [2.24, 2.45) is 5.14 Å². The first-order valence-electron chi connectivity index (χ1n) is 6.30. The summed E-state index contributed by atoms with van der Waals surface area (Å²) in [7, 11) is -4.03. The van der Waals surface area contributed by atoms with Gasteiger partial charge in [-0.05, 0) is 44.9 Å². The molecule has 7 heteroatoms. The third-order valence-corrected chi connectivity index (χ3v) is 4.12. The molecule has 1 heterocycles. The third-order valence-electron chi connectivity index (χ3n) is 3.19. The van der Waals surface area contributed by atoms with Crippen molar-refractivity contribution in [1.29, 1.82) is 0 Å². The second kappa shape index (κ2) is 5.31. The van der Waals surface area contributed by atoms with Gasteiger partial charge in [0.05, 0.1) is 11.7 Å². The molecule has 0 radical (unpaired) electrons. The number of sulfonamides is 1. The highest BCUT2D eigenvalue weighted by molar-refractivity contribution is 7.89. The Kier molecular flexibility index (Phi) is 4.04. The molecule has 112 valence electrons. The lowest BCUT2D eigenvalue weighted by atomic mass is 10.1. The van der Waals surface area contributed by atoms with Crippen LogP contribution in [0.15, 0.2) is 23.1 Å². The lowest BCUT2D eigenvalue weighted by Gasteiger charge is -2.19. The molecule has 0 bridgehead atoms. The lowest BCUT2D eigenvalue weighted by Crippen LogP contribution is -2.24. The molecule has 1 unspecified atom stereocenters. The number of hydrogen-bond acceptors (Lipinski definition) is 4. The number of ether oxygens (including phenoxy) is 2. The molecule has 0 aliphatic carbocycles. The summed E-state index contributed by atoms with van der Waals surface area (Å²) < 4.78 is 47.1. The standard InChI is InChI=1S/C13H18FNO4S/c1-13(2)6-5-10(19-13)8-18-11-4-3-9(14)7-12(11)20(15,16)17/h3-4,7,10H,5-6,8H2,1-2H3,(H2,15,16,17). The molecule has 0 amide bonds. The molecule has 1 fully saturated rings. The Morgan fingerprint density at radius 2 is 2.20 bits per heavy atom. The largest absolute Gasteiger partial charge is 0.489 e. The Hall–Kier alpha value is -1.18. The quantitative estimate of drug-likeness (QED) is 0.920. The van der Waals surface area contributed by atoms with Crippen molar-refractivity contribution in [3.63, 3.8) is 0 Å². The summed E-state index contributed by atoms with van der Waals surface area (Å²) in [5.74, 6) is -0.637. The van der Waals surface area contributed by atoms with E-state index < -0.39 is 15.8 Å². The number of hydrogen-bond donors (Lipinski definition) is 1. The molecule has 1 saturated heterocycles. The second-order valence-corrected chi connectivity index (χ2v) is 7.02. The summed E-state index contributed by atoms with van der Waals surface area (Å²) in [6, 6.07) is 3.24. The molecular weight excluding hydrogens is 285 g/mol. The van der Waals surface area contributed by atoms with E-state index in [2.05, 4.69) is 0 Å². The topological polar surface area (TPSA) is 78.6 Å². The van der Waals surface area contributed by atoms with Crippen LogP contribution in [0, 0.1) is 5.82 Å². The van der Waals surface area contributed by atoms with Crippen LogP contribution < -0.4 is 9.88 Å². The predicted molar refractivity (Wildman–Crippen MR) is 71.5 cm³/mol. The van der Waals surface area contributed by atoms with Crippen LogP contribution in [0.1, 0.15) is 26.7 Å². The molecule has 0 aromatic heterocycles. The van der Waals surface area contributed by atoms with Gasteiger partial charge in [-0.15, -0.1) is 0 Å². The maximum Gasteiger partial charge on any atom is 0.241 e. The summed E-state index contributed by atoms with van der Waals surface area (Å²) in [4.78, 5) is -0.352. The van der Waals surface area contributed by atoms with Crippen LogP contribution in [0.5, 0.6) is 5.75 Å². The molecule has 1 aliphatic rings. The van der Waals surface area contributed by atoms with Crippen LogP contribution in [0.4, 0.5) is 4.39 Å². The molecule has 2 rings (SSSR count). The van der Waals surface area contributed by atoms with Crippen molar-refractivity contribution in [1.82, 2.24) is 0 Å². The van der Waals surface area contributed by atoms with E-state index in [0.29, 0.717) is 0 Å². The highest BCUT2D eigenvalue weighted by Gasteiger charge is 2.32. The Bertz CT molecular complexity index is 600. The van der Waals surface area contributed by atoms with Crippen LogP contribution in [0.3, 0.4) is 0 Å². The van der Waals surface area contributed by atoms with Crippen molar-refractivity contribution in [2.75, 3.05) is 6.61 Å². The third kappa shape index (κ3) is 3.68. The van der Waals surface area contributed by atoms with Gasteiger partial charge in [0.2, 0.25) is 10.0 Å². The van der Waals surface area contributed by atoms with E-state index in [4.69, 9.17) is 14.6 Å². The van der Waals surface area contributed by atoms with Gasteiger partial charge in [-0.3, -0.25) is 0 Å². The predicted octanol–water partition coefficient (Wildman–Crippen LogP) is 1.81. The van der Waals surface area contributed by atoms with Gasteiger partial charge in [0.25, 0.3) is 0 Å². The number of halogens is 1. The van der Waals surface area contributed by atoms with Gasteiger partial charge in [0, 0.05) is 0 Å². The molecule has 5 nitrogen and oxygen atoms in total. The van der Waals surface area contributed by atoms with Gasteiger partial charge in [-0.25, -0.2) is 17.9 Å². The van der Waals surface area contributed by atoms with E-state index in [1.807, 2.05) is 13.8 Å². The molecule has 1 aromatic rings. The molecule has 0 spiro atoms. The highest BCUT2D eigenvalue weighted by Crippen LogP contribution is 2.30. The maximum absolute atomic E-state index is 13.1. The van der Waals surface area contributed by atoms with Gasteiger partial charge < -0.3 is 9.47 Å². The van der Waals surface area contributed by atoms with Crippen LogP contribution in [-0.2, 0) is 14.8 Å². The van der Waals surface area contributed by atoms with Crippen LogP contribution in [-0.4, -0.2) is 26.7 Å². The molecule has 2 N–H and O–H groups in total. The first kappa shape index (κ1) is 15.2. The van der Waals surface area contributed by atoms with E-state index in [0.717, 1.165) is 25.0 Å². The fourth-order valence-electron chi connectivity index (χ4n) is 2.20. The molecular formula is C13H18FNO4S. The van der Waals surface area contributed by atoms with Gasteiger partial charge in [0.1, 0.15) is 23.1 Å². The molecule has 20 heavy (non-hydrogen) atoms. The minimum atomic E-state index is -4.03. The first-order valence-corrected chi connectivity index (χ1v) is 7.85. The minimum absolute atomic E-state index is 0.0437. The monoisotopic (exact) mass is 303 g/mol. The zero-order chi connectivity index (χ0) is 15.0. The van der Waals surface area contributed by atoms with E-state index in [-0.39, 0.29) is 29.0 Å². The summed E-state index contributed by atoms with van der Waals surface area (Å²) >= 11 is 0. The fraction of sp³-hybridized carbons (Fsp3) is 0.538. The van der Waals surface area contributed by atoms with Crippen molar-refractivity contribution in [2.45, 2.75) is 43.3 Å². The zero-order valence-electron chi connectivity index (χ0n) is 11.4. The highest BCUT2D eigenvalue weighted by atomic mass is 32.2.